The third kappa shape index (κ3) is 4.72. The van der Waals surface area contributed by atoms with Gasteiger partial charge in [-0.3, -0.25) is 10.1 Å². The van der Waals surface area contributed by atoms with Crippen molar-refractivity contribution in [2.75, 3.05) is 13.2 Å². The molecule has 0 aliphatic carbocycles. The van der Waals surface area contributed by atoms with Crippen molar-refractivity contribution in [1.29, 1.82) is 0 Å². The summed E-state index contributed by atoms with van der Waals surface area (Å²) in [5, 5.41) is 22.8. The van der Waals surface area contributed by atoms with Gasteiger partial charge in [-0.2, -0.15) is 0 Å². The highest BCUT2D eigenvalue weighted by molar-refractivity contribution is 9.10. The molecule has 1 rings (SSSR count). The summed E-state index contributed by atoms with van der Waals surface area (Å²) >= 11 is 3.22. The Kier molecular flexibility index (Phi) is 6.24. The zero-order valence-electron chi connectivity index (χ0n) is 10.2. The highest BCUT2D eigenvalue weighted by Crippen LogP contribution is 2.23. The maximum atomic E-state index is 10.9. The van der Waals surface area contributed by atoms with Crippen LogP contribution in [0.5, 0.6) is 0 Å². The van der Waals surface area contributed by atoms with Gasteiger partial charge in [-0.1, -0.05) is 22.9 Å². The van der Waals surface area contributed by atoms with E-state index in [-0.39, 0.29) is 17.2 Å². The van der Waals surface area contributed by atoms with E-state index in [1.807, 2.05) is 6.92 Å². The lowest BCUT2D eigenvalue weighted by atomic mass is 10.1. The van der Waals surface area contributed by atoms with Crippen LogP contribution in [0.1, 0.15) is 18.9 Å². The number of aliphatic hydroxyl groups excluding tert-OH is 1. The van der Waals surface area contributed by atoms with Crippen molar-refractivity contribution in [3.8, 4) is 0 Å². The van der Waals surface area contributed by atoms with E-state index in [2.05, 4.69) is 21.2 Å². The predicted octanol–water partition coefficient (Wildman–Crippen LogP) is 2.47. The summed E-state index contributed by atoms with van der Waals surface area (Å²) in [4.78, 5) is 10.5. The molecule has 0 aliphatic heterocycles. The lowest BCUT2D eigenvalue weighted by Crippen LogP contribution is -2.21. The molecule has 1 aromatic rings. The van der Waals surface area contributed by atoms with Crippen LogP contribution < -0.4 is 5.32 Å². The predicted molar refractivity (Wildman–Crippen MR) is 73.4 cm³/mol. The molecular weight excluding hydrogens is 300 g/mol. The molecule has 0 heterocycles. The van der Waals surface area contributed by atoms with E-state index in [9.17, 15) is 10.1 Å². The molecule has 1 atom stereocenters. The number of nitro groups is 1. The third-order valence-corrected chi connectivity index (χ3v) is 3.17. The summed E-state index contributed by atoms with van der Waals surface area (Å²) < 4.78 is 0.701. The van der Waals surface area contributed by atoms with E-state index in [1.165, 1.54) is 6.07 Å². The first-order valence-corrected chi connectivity index (χ1v) is 6.58. The first-order valence-electron chi connectivity index (χ1n) is 5.79. The van der Waals surface area contributed by atoms with Crippen molar-refractivity contribution >= 4 is 21.6 Å². The number of aliphatic hydroxyl groups is 1. The van der Waals surface area contributed by atoms with Crippen molar-refractivity contribution < 1.29 is 10.0 Å². The van der Waals surface area contributed by atoms with E-state index in [0.29, 0.717) is 22.5 Å². The number of benzene rings is 1. The average Bonchev–Trinajstić information content (AvgIpc) is 2.31. The van der Waals surface area contributed by atoms with Gasteiger partial charge in [-0.15, -0.1) is 0 Å². The zero-order chi connectivity index (χ0) is 13.5. The molecule has 0 aromatic heterocycles. The smallest absolute Gasteiger partial charge is 0.275 e. The van der Waals surface area contributed by atoms with Crippen LogP contribution in [0.4, 0.5) is 5.69 Å². The number of nitrogens with zero attached hydrogens (tertiary/aromatic N) is 1. The molecule has 1 aromatic carbocycles. The van der Waals surface area contributed by atoms with Gasteiger partial charge in [0.15, 0.2) is 0 Å². The Morgan fingerprint density at radius 1 is 1.56 bits per heavy atom. The first-order chi connectivity index (χ1) is 8.54. The first kappa shape index (κ1) is 15.1. The van der Waals surface area contributed by atoms with Crippen molar-refractivity contribution in [3.05, 3.63) is 38.3 Å². The normalized spacial score (nSPS) is 12.4. The van der Waals surface area contributed by atoms with E-state index in [1.54, 1.807) is 12.1 Å². The minimum absolute atomic E-state index is 0.117. The fourth-order valence-electron chi connectivity index (χ4n) is 1.63. The summed E-state index contributed by atoms with van der Waals surface area (Å²) in [7, 11) is 0. The monoisotopic (exact) mass is 316 g/mol. The number of hydrogen-bond acceptors (Lipinski definition) is 4. The quantitative estimate of drug-likeness (QED) is 0.598. The van der Waals surface area contributed by atoms with Crippen LogP contribution in [0.2, 0.25) is 0 Å². The molecule has 6 heteroatoms. The average molecular weight is 317 g/mol. The van der Waals surface area contributed by atoms with Crippen molar-refractivity contribution in [1.82, 2.24) is 5.32 Å². The second kappa shape index (κ2) is 7.45. The van der Waals surface area contributed by atoms with Gasteiger partial charge in [0, 0.05) is 29.3 Å². The molecule has 0 fully saturated rings. The molecule has 0 saturated carbocycles. The Hall–Kier alpha value is -0.980. The van der Waals surface area contributed by atoms with Crippen LogP contribution in [-0.4, -0.2) is 23.2 Å². The highest BCUT2D eigenvalue weighted by Gasteiger charge is 2.13. The summed E-state index contributed by atoms with van der Waals surface area (Å²) in [6, 6.07) is 5.04. The van der Waals surface area contributed by atoms with Crippen molar-refractivity contribution in [2.24, 2.45) is 5.92 Å². The second-order valence-electron chi connectivity index (χ2n) is 4.28. The van der Waals surface area contributed by atoms with Crippen molar-refractivity contribution in [3.63, 3.8) is 0 Å². The molecule has 0 saturated heterocycles. The van der Waals surface area contributed by atoms with Crippen LogP contribution in [0.3, 0.4) is 0 Å². The molecule has 5 nitrogen and oxygen atoms in total. The Balaban J connectivity index is 2.59. The van der Waals surface area contributed by atoms with Crippen molar-refractivity contribution in [2.45, 2.75) is 19.9 Å². The molecule has 0 spiro atoms. The Bertz CT molecular complexity index is 412. The number of hydrogen-bond donors (Lipinski definition) is 2. The Labute approximate surface area is 114 Å². The van der Waals surface area contributed by atoms with Gasteiger partial charge in [0.05, 0.1) is 4.92 Å². The molecule has 2 N–H and O–H groups in total. The van der Waals surface area contributed by atoms with Crippen LogP contribution in [-0.2, 0) is 6.54 Å². The van der Waals surface area contributed by atoms with Gasteiger partial charge in [0.1, 0.15) is 0 Å². The van der Waals surface area contributed by atoms with E-state index in [0.717, 1.165) is 13.0 Å². The van der Waals surface area contributed by atoms with Gasteiger partial charge in [-0.05, 0) is 31.0 Å². The topological polar surface area (TPSA) is 75.4 Å². The van der Waals surface area contributed by atoms with E-state index < -0.39 is 0 Å². The zero-order valence-corrected chi connectivity index (χ0v) is 11.8. The maximum absolute atomic E-state index is 10.9. The molecule has 0 bridgehead atoms. The minimum Gasteiger partial charge on any atom is -0.396 e. The fraction of sp³-hybridized carbons (Fsp3) is 0.500. The number of nitrogens with one attached hydrogen (secondary N) is 1. The molecule has 0 amide bonds. The maximum Gasteiger partial charge on any atom is 0.275 e. The SMILES string of the molecule is CC(CCO)CNCc1ccc(Br)cc1[N+](=O)[O-]. The molecular formula is C12H17BrN2O3. The number of nitro benzene ring substituents is 1. The molecule has 18 heavy (non-hydrogen) atoms. The summed E-state index contributed by atoms with van der Waals surface area (Å²) in [6.07, 6.45) is 0.732. The Morgan fingerprint density at radius 3 is 2.89 bits per heavy atom. The molecule has 0 radical (unpaired) electrons. The minimum atomic E-state index is -0.376. The lowest BCUT2D eigenvalue weighted by Gasteiger charge is -2.11. The van der Waals surface area contributed by atoms with Gasteiger partial charge >= 0.3 is 0 Å². The van der Waals surface area contributed by atoms with Gasteiger partial charge < -0.3 is 10.4 Å². The number of halogens is 1. The fourth-order valence-corrected chi connectivity index (χ4v) is 1.98. The summed E-state index contributed by atoms with van der Waals surface area (Å²) in [5.74, 6) is 0.351. The van der Waals surface area contributed by atoms with Crippen LogP contribution in [0, 0.1) is 16.0 Å². The Morgan fingerprint density at radius 2 is 2.28 bits per heavy atom. The summed E-state index contributed by atoms with van der Waals surface area (Å²) in [6.45, 7) is 3.38. The molecule has 100 valence electrons. The van der Waals surface area contributed by atoms with E-state index in [4.69, 9.17) is 5.11 Å². The van der Waals surface area contributed by atoms with Gasteiger partial charge in [-0.25, -0.2) is 0 Å². The number of rotatable bonds is 7. The molecule has 1 unspecified atom stereocenters. The van der Waals surface area contributed by atoms with Crippen LogP contribution in [0.15, 0.2) is 22.7 Å². The molecule has 0 aliphatic rings. The standard InChI is InChI=1S/C12H17BrN2O3/c1-9(4-5-16)7-14-8-10-2-3-11(13)6-12(10)15(17)18/h2-3,6,9,14,16H,4-5,7-8H2,1H3. The van der Waals surface area contributed by atoms with Gasteiger partial charge in [0.25, 0.3) is 5.69 Å². The summed E-state index contributed by atoms with van der Waals surface area (Å²) in [5.41, 5.74) is 0.783. The van der Waals surface area contributed by atoms with Crippen LogP contribution in [0.25, 0.3) is 0 Å². The second-order valence-corrected chi connectivity index (χ2v) is 5.19. The van der Waals surface area contributed by atoms with E-state index >= 15 is 0 Å². The largest absolute Gasteiger partial charge is 0.396 e. The van der Waals surface area contributed by atoms with Gasteiger partial charge in [0.2, 0.25) is 0 Å². The third-order valence-electron chi connectivity index (χ3n) is 2.67. The lowest BCUT2D eigenvalue weighted by molar-refractivity contribution is -0.385. The highest BCUT2D eigenvalue weighted by atomic mass is 79.9. The van der Waals surface area contributed by atoms with Crippen LogP contribution >= 0.6 is 15.9 Å².